The Labute approximate surface area is 157 Å². The number of para-hydroxylation sites is 2. The molecule has 0 fully saturated rings. The van der Waals surface area contributed by atoms with Crippen molar-refractivity contribution in [2.45, 2.75) is 33.7 Å². The predicted molar refractivity (Wildman–Crippen MR) is 106 cm³/mol. The van der Waals surface area contributed by atoms with Crippen molar-refractivity contribution in [2.24, 2.45) is 0 Å². The summed E-state index contributed by atoms with van der Waals surface area (Å²) in [6.07, 6.45) is 2.45. The molecule has 0 bridgehead atoms. The lowest BCUT2D eigenvalue weighted by atomic mass is 10.1. The van der Waals surface area contributed by atoms with E-state index in [9.17, 15) is 4.79 Å². The topological polar surface area (TPSA) is 75.8 Å². The number of furan rings is 1. The van der Waals surface area contributed by atoms with Crippen LogP contribution in [0.2, 0.25) is 0 Å². The number of hydrogen-bond donors (Lipinski definition) is 2. The first kappa shape index (κ1) is 17.1. The number of hydrogen-bond acceptors (Lipinski definition) is 3. The van der Waals surface area contributed by atoms with Gasteiger partial charge in [0.15, 0.2) is 5.76 Å². The van der Waals surface area contributed by atoms with Gasteiger partial charge < -0.3 is 19.3 Å². The molecule has 1 amide bonds. The molecule has 2 N–H and O–H groups in total. The molecule has 0 aliphatic heterocycles. The number of benzene rings is 1. The number of nitrogens with one attached hydrogen (secondary N) is 2. The van der Waals surface area contributed by atoms with Gasteiger partial charge in [-0.3, -0.25) is 4.79 Å². The summed E-state index contributed by atoms with van der Waals surface area (Å²) in [5.74, 6) is 1.51. The third-order valence-corrected chi connectivity index (χ3v) is 4.88. The number of carbonyl (C=O) groups excluding carboxylic acids is 1. The molecule has 0 spiro atoms. The van der Waals surface area contributed by atoms with E-state index in [-0.39, 0.29) is 11.7 Å². The van der Waals surface area contributed by atoms with Crippen molar-refractivity contribution < 1.29 is 9.21 Å². The van der Waals surface area contributed by atoms with Crippen LogP contribution in [-0.4, -0.2) is 20.4 Å². The van der Waals surface area contributed by atoms with Crippen LogP contribution in [0, 0.1) is 13.8 Å². The summed E-state index contributed by atoms with van der Waals surface area (Å²) in [5.41, 5.74) is 4.99. The van der Waals surface area contributed by atoms with E-state index in [4.69, 9.17) is 9.40 Å². The average Bonchev–Trinajstić information content (AvgIpc) is 3.37. The number of nitrogens with zero attached hydrogens (tertiary/aromatic N) is 2. The zero-order valence-electron chi connectivity index (χ0n) is 15.7. The van der Waals surface area contributed by atoms with Gasteiger partial charge in [0.2, 0.25) is 0 Å². The van der Waals surface area contributed by atoms with Crippen molar-refractivity contribution in [3.63, 3.8) is 0 Å². The van der Waals surface area contributed by atoms with E-state index in [1.54, 1.807) is 12.1 Å². The molecule has 4 aromatic rings. The van der Waals surface area contributed by atoms with Gasteiger partial charge in [0, 0.05) is 12.2 Å². The van der Waals surface area contributed by atoms with Gasteiger partial charge in [0.25, 0.3) is 5.91 Å². The van der Waals surface area contributed by atoms with Crippen molar-refractivity contribution in [3.05, 3.63) is 59.7 Å². The second kappa shape index (κ2) is 6.79. The Hall–Kier alpha value is -3.28. The number of amides is 1. The molecular weight excluding hydrogens is 340 g/mol. The van der Waals surface area contributed by atoms with Crippen LogP contribution in [0.25, 0.3) is 22.4 Å². The molecule has 27 heavy (non-hydrogen) atoms. The molecule has 0 unspecified atom stereocenters. The third-order valence-electron chi connectivity index (χ3n) is 4.88. The lowest BCUT2D eigenvalue weighted by Gasteiger charge is -2.12. The minimum absolute atomic E-state index is 0.271. The molecule has 3 heterocycles. The van der Waals surface area contributed by atoms with E-state index >= 15 is 0 Å². The Balaban J connectivity index is 1.86. The molecule has 6 nitrogen and oxygen atoms in total. The van der Waals surface area contributed by atoms with Crippen LogP contribution in [0.4, 0.5) is 5.82 Å². The van der Waals surface area contributed by atoms with Gasteiger partial charge in [0.1, 0.15) is 11.6 Å². The quantitative estimate of drug-likeness (QED) is 0.530. The first-order valence-electron chi connectivity index (χ1n) is 9.09. The van der Waals surface area contributed by atoms with Gasteiger partial charge in [-0.2, -0.15) is 0 Å². The second-order valence-corrected chi connectivity index (χ2v) is 6.62. The van der Waals surface area contributed by atoms with Crippen LogP contribution in [0.3, 0.4) is 0 Å². The van der Waals surface area contributed by atoms with Gasteiger partial charge >= 0.3 is 0 Å². The minimum Gasteiger partial charge on any atom is -0.459 e. The SMILES string of the molecule is CCCn1c(C)c(C)c(-c2nc3ccccc3[nH]2)c1NC(=O)c1ccco1. The molecular formula is C21H22N4O2. The highest BCUT2D eigenvalue weighted by Gasteiger charge is 2.23. The number of aromatic amines is 1. The molecule has 6 heteroatoms. The fourth-order valence-corrected chi connectivity index (χ4v) is 3.43. The molecule has 0 atom stereocenters. The Kier molecular flexibility index (Phi) is 4.32. The van der Waals surface area contributed by atoms with Gasteiger partial charge in [-0.15, -0.1) is 0 Å². The molecule has 1 aromatic carbocycles. The first-order chi connectivity index (χ1) is 13.1. The molecule has 0 radical (unpaired) electrons. The first-order valence-corrected chi connectivity index (χ1v) is 9.09. The standard InChI is InChI=1S/C21H22N4O2/c1-4-11-25-14(3)13(2)18(19-22-15-8-5-6-9-16(15)23-19)20(25)24-21(26)17-10-7-12-27-17/h5-10,12H,4,11H2,1-3H3,(H,22,23)(H,24,26). The van der Waals surface area contributed by atoms with Crippen molar-refractivity contribution in [1.82, 2.24) is 14.5 Å². The average molecular weight is 362 g/mol. The Morgan fingerprint density at radius 3 is 2.74 bits per heavy atom. The van der Waals surface area contributed by atoms with Gasteiger partial charge in [-0.1, -0.05) is 19.1 Å². The maximum absolute atomic E-state index is 12.7. The maximum Gasteiger partial charge on any atom is 0.292 e. The highest BCUT2D eigenvalue weighted by Crippen LogP contribution is 2.36. The van der Waals surface area contributed by atoms with Gasteiger partial charge in [-0.25, -0.2) is 4.98 Å². The third kappa shape index (κ3) is 2.93. The van der Waals surface area contributed by atoms with Crippen molar-refractivity contribution in [3.8, 4) is 11.4 Å². The van der Waals surface area contributed by atoms with Crippen LogP contribution in [0.15, 0.2) is 47.1 Å². The fraction of sp³-hybridized carbons (Fsp3) is 0.238. The van der Waals surface area contributed by atoms with Crippen LogP contribution in [0.1, 0.15) is 35.2 Å². The Bertz CT molecular complexity index is 1070. The number of rotatable bonds is 5. The molecule has 0 aliphatic carbocycles. The summed E-state index contributed by atoms with van der Waals surface area (Å²) >= 11 is 0. The normalized spacial score (nSPS) is 11.2. The Morgan fingerprint density at radius 2 is 2.04 bits per heavy atom. The summed E-state index contributed by atoms with van der Waals surface area (Å²) in [4.78, 5) is 20.8. The molecule has 4 rings (SSSR count). The van der Waals surface area contributed by atoms with Crippen LogP contribution in [0.5, 0.6) is 0 Å². The van der Waals surface area contributed by atoms with Gasteiger partial charge in [-0.05, 0) is 50.1 Å². The zero-order chi connectivity index (χ0) is 19.0. The zero-order valence-corrected chi connectivity index (χ0v) is 15.7. The van der Waals surface area contributed by atoms with Crippen LogP contribution in [-0.2, 0) is 6.54 Å². The van der Waals surface area contributed by atoms with E-state index in [0.717, 1.165) is 52.5 Å². The minimum atomic E-state index is -0.271. The van der Waals surface area contributed by atoms with Crippen molar-refractivity contribution in [2.75, 3.05) is 5.32 Å². The second-order valence-electron chi connectivity index (χ2n) is 6.62. The number of fused-ring (bicyclic) bond motifs is 1. The maximum atomic E-state index is 12.7. The van der Waals surface area contributed by atoms with Crippen LogP contribution < -0.4 is 5.32 Å². The van der Waals surface area contributed by atoms with E-state index < -0.39 is 0 Å². The van der Waals surface area contributed by atoms with Crippen LogP contribution >= 0.6 is 0 Å². The lowest BCUT2D eigenvalue weighted by molar-refractivity contribution is 0.0996. The van der Waals surface area contributed by atoms with E-state index in [1.165, 1.54) is 6.26 Å². The highest BCUT2D eigenvalue weighted by molar-refractivity contribution is 6.04. The molecule has 0 saturated carbocycles. The van der Waals surface area contributed by atoms with E-state index in [0.29, 0.717) is 0 Å². The summed E-state index contributed by atoms with van der Waals surface area (Å²) in [6.45, 7) is 7.06. The molecule has 0 saturated heterocycles. The number of H-pyrrole nitrogens is 1. The predicted octanol–water partition coefficient (Wildman–Crippen LogP) is 4.90. The largest absolute Gasteiger partial charge is 0.459 e. The molecule has 3 aromatic heterocycles. The van der Waals surface area contributed by atoms with E-state index in [1.807, 2.05) is 24.3 Å². The molecule has 0 aliphatic rings. The summed E-state index contributed by atoms with van der Waals surface area (Å²) < 4.78 is 7.39. The summed E-state index contributed by atoms with van der Waals surface area (Å²) in [5, 5.41) is 3.04. The van der Waals surface area contributed by atoms with Crippen molar-refractivity contribution in [1.29, 1.82) is 0 Å². The summed E-state index contributed by atoms with van der Waals surface area (Å²) in [7, 11) is 0. The number of carbonyl (C=O) groups is 1. The Morgan fingerprint density at radius 1 is 1.22 bits per heavy atom. The highest BCUT2D eigenvalue weighted by atomic mass is 16.3. The lowest BCUT2D eigenvalue weighted by Crippen LogP contribution is -2.16. The number of imidazole rings is 1. The van der Waals surface area contributed by atoms with E-state index in [2.05, 4.69) is 35.6 Å². The summed E-state index contributed by atoms with van der Waals surface area (Å²) in [6, 6.07) is 11.3. The fourth-order valence-electron chi connectivity index (χ4n) is 3.43. The number of aromatic nitrogens is 3. The van der Waals surface area contributed by atoms with Crippen molar-refractivity contribution >= 4 is 22.8 Å². The smallest absolute Gasteiger partial charge is 0.292 e. The number of anilines is 1. The monoisotopic (exact) mass is 362 g/mol. The molecule has 138 valence electrons. The van der Waals surface area contributed by atoms with Gasteiger partial charge in [0.05, 0.1) is 22.9 Å².